The zero-order valence-electron chi connectivity index (χ0n) is 17.3. The highest BCUT2D eigenvalue weighted by molar-refractivity contribution is 7.93. The lowest BCUT2D eigenvalue weighted by molar-refractivity contribution is -0.385. The minimum absolute atomic E-state index is 0.00173. The number of amides is 2. The Morgan fingerprint density at radius 1 is 0.971 bits per heavy atom. The van der Waals surface area contributed by atoms with Crippen molar-refractivity contribution in [2.24, 2.45) is 0 Å². The normalized spacial score (nSPS) is 11.4. The molecule has 3 aromatic rings. The number of sulfonamides is 1. The Morgan fingerprint density at radius 2 is 1.69 bits per heavy atom. The van der Waals surface area contributed by atoms with Gasteiger partial charge in [-0.1, -0.05) is 29.8 Å². The Kier molecular flexibility index (Phi) is 7.36. The van der Waals surface area contributed by atoms with E-state index < -0.39 is 43.3 Å². The quantitative estimate of drug-likeness (QED) is 0.244. The highest BCUT2D eigenvalue weighted by Crippen LogP contribution is 2.31. The summed E-state index contributed by atoms with van der Waals surface area (Å²) in [5.74, 6) is 0. The summed E-state index contributed by atoms with van der Waals surface area (Å²) < 4.78 is 66.6. The van der Waals surface area contributed by atoms with Crippen LogP contribution in [0.2, 0.25) is 5.02 Å². The van der Waals surface area contributed by atoms with Crippen LogP contribution < -0.4 is 20.9 Å². The van der Waals surface area contributed by atoms with Gasteiger partial charge in [0.25, 0.3) is 15.7 Å². The van der Waals surface area contributed by atoms with Crippen LogP contribution in [0.3, 0.4) is 0 Å². The molecule has 0 aromatic heterocycles. The average molecular weight is 530 g/mol. The first kappa shape index (κ1) is 25.6. The fourth-order valence-corrected chi connectivity index (χ4v) is 4.25. The number of halogens is 4. The first-order valence-corrected chi connectivity index (χ1v) is 11.3. The third-order valence-corrected chi connectivity index (χ3v) is 6.08. The lowest BCUT2D eigenvalue weighted by atomic mass is 10.2. The Hall–Kier alpha value is -4.04. The van der Waals surface area contributed by atoms with Gasteiger partial charge >= 0.3 is 12.2 Å². The van der Waals surface area contributed by atoms with E-state index in [0.717, 1.165) is 30.3 Å². The minimum atomic E-state index is -4.62. The highest BCUT2D eigenvalue weighted by Gasteiger charge is 2.30. The average Bonchev–Trinajstić information content (AvgIpc) is 2.78. The van der Waals surface area contributed by atoms with Crippen LogP contribution in [0.4, 0.5) is 40.7 Å². The van der Waals surface area contributed by atoms with Crippen LogP contribution >= 0.6 is 11.6 Å². The molecule has 0 saturated heterocycles. The molecule has 0 unspecified atom stereocenters. The maximum Gasteiger partial charge on any atom is 0.416 e. The number of para-hydroxylation sites is 1. The topological polar surface area (TPSA) is 142 Å². The Bertz CT molecular complexity index is 1390. The van der Waals surface area contributed by atoms with E-state index in [4.69, 9.17) is 11.6 Å². The van der Waals surface area contributed by atoms with Crippen molar-refractivity contribution in [1.82, 2.24) is 5.43 Å². The highest BCUT2D eigenvalue weighted by atomic mass is 35.5. The molecule has 0 atom stereocenters. The van der Waals surface area contributed by atoms with Crippen LogP contribution in [0.5, 0.6) is 0 Å². The Balaban J connectivity index is 1.83. The van der Waals surface area contributed by atoms with Gasteiger partial charge in [-0.2, -0.15) is 13.2 Å². The number of carbonyl (C=O) groups is 1. The van der Waals surface area contributed by atoms with Crippen molar-refractivity contribution in [3.63, 3.8) is 0 Å². The molecule has 0 aliphatic heterocycles. The SMILES string of the molecule is O=C(NNc1ccc([N+](=O)[O-])cc1S(=O)(=O)Nc1ccccc1Cl)Nc1cccc(C(F)(F)F)c1. The number of nitro groups is 1. The van der Waals surface area contributed by atoms with Gasteiger partial charge in [-0.3, -0.25) is 25.7 Å². The van der Waals surface area contributed by atoms with E-state index in [1.165, 1.54) is 24.3 Å². The Morgan fingerprint density at radius 3 is 2.34 bits per heavy atom. The number of hydrogen-bond donors (Lipinski definition) is 4. The number of nitro benzene ring substituents is 1. The molecule has 0 bridgehead atoms. The van der Waals surface area contributed by atoms with Gasteiger partial charge < -0.3 is 5.32 Å². The number of carbonyl (C=O) groups excluding carboxylic acids is 1. The van der Waals surface area contributed by atoms with E-state index in [1.807, 2.05) is 0 Å². The lowest BCUT2D eigenvalue weighted by Crippen LogP contribution is -2.34. The number of anilines is 3. The number of rotatable bonds is 7. The molecular formula is C20H15ClF3N5O5S. The van der Waals surface area contributed by atoms with E-state index in [0.29, 0.717) is 6.07 Å². The van der Waals surface area contributed by atoms with Gasteiger partial charge in [-0.25, -0.2) is 13.2 Å². The number of nitrogens with zero attached hydrogens (tertiary/aromatic N) is 1. The van der Waals surface area contributed by atoms with E-state index in [2.05, 4.69) is 20.9 Å². The molecule has 0 spiro atoms. The summed E-state index contributed by atoms with van der Waals surface area (Å²) in [5.41, 5.74) is 2.37. The summed E-state index contributed by atoms with van der Waals surface area (Å²) in [4.78, 5) is 21.9. The molecule has 0 radical (unpaired) electrons. The van der Waals surface area contributed by atoms with Crippen LogP contribution in [0, 0.1) is 10.1 Å². The van der Waals surface area contributed by atoms with Crippen LogP contribution in [0.1, 0.15) is 5.56 Å². The van der Waals surface area contributed by atoms with Crippen molar-refractivity contribution in [1.29, 1.82) is 0 Å². The molecule has 0 heterocycles. The van der Waals surface area contributed by atoms with Crippen LogP contribution in [-0.2, 0) is 16.2 Å². The largest absolute Gasteiger partial charge is 0.416 e. The van der Waals surface area contributed by atoms with Gasteiger partial charge in [0.2, 0.25) is 0 Å². The standard InChI is InChI=1S/C20H15ClF3N5O5S/c21-15-6-1-2-7-16(15)28-35(33,34)18-11-14(29(31)32)8-9-17(18)26-27-19(30)25-13-5-3-4-12(10-13)20(22,23)24/h1-11,26,28H,(H2,25,27,30). The van der Waals surface area contributed by atoms with E-state index in [1.54, 1.807) is 6.07 Å². The molecular weight excluding hydrogens is 515 g/mol. The second-order valence-electron chi connectivity index (χ2n) is 6.81. The van der Waals surface area contributed by atoms with Gasteiger partial charge in [-0.05, 0) is 36.4 Å². The third-order valence-electron chi connectivity index (χ3n) is 4.34. The third kappa shape index (κ3) is 6.51. The molecule has 2 amide bonds. The van der Waals surface area contributed by atoms with Gasteiger partial charge in [-0.15, -0.1) is 0 Å². The number of benzene rings is 3. The molecule has 3 aromatic carbocycles. The molecule has 0 aliphatic rings. The van der Waals surface area contributed by atoms with Crippen molar-refractivity contribution < 1.29 is 31.3 Å². The summed E-state index contributed by atoms with van der Waals surface area (Å²) >= 11 is 5.97. The van der Waals surface area contributed by atoms with Gasteiger partial charge in [0.1, 0.15) is 4.90 Å². The number of urea groups is 1. The van der Waals surface area contributed by atoms with Crippen molar-refractivity contribution in [3.05, 3.63) is 87.4 Å². The summed E-state index contributed by atoms with van der Waals surface area (Å²) in [5, 5.41) is 13.4. The number of non-ortho nitro benzene ring substituents is 1. The predicted octanol–water partition coefficient (Wildman–Crippen LogP) is 5.22. The zero-order valence-corrected chi connectivity index (χ0v) is 18.8. The van der Waals surface area contributed by atoms with Crippen molar-refractivity contribution in [3.8, 4) is 0 Å². The van der Waals surface area contributed by atoms with E-state index >= 15 is 0 Å². The van der Waals surface area contributed by atoms with Crippen LogP contribution in [0.15, 0.2) is 71.6 Å². The van der Waals surface area contributed by atoms with Gasteiger partial charge in [0.15, 0.2) is 0 Å². The fourth-order valence-electron chi connectivity index (χ4n) is 2.75. The fraction of sp³-hybridized carbons (Fsp3) is 0.0500. The van der Waals surface area contributed by atoms with Crippen molar-refractivity contribution >= 4 is 50.4 Å². The smallest absolute Gasteiger partial charge is 0.307 e. The molecule has 10 nitrogen and oxygen atoms in total. The maximum atomic E-state index is 12.9. The first-order chi connectivity index (χ1) is 16.4. The second kappa shape index (κ2) is 10.1. The van der Waals surface area contributed by atoms with Gasteiger partial charge in [0.05, 0.1) is 26.9 Å². The minimum Gasteiger partial charge on any atom is -0.307 e. The monoisotopic (exact) mass is 529 g/mol. The molecule has 4 N–H and O–H groups in total. The van der Waals surface area contributed by atoms with E-state index in [9.17, 15) is 36.5 Å². The van der Waals surface area contributed by atoms with Crippen LogP contribution in [-0.4, -0.2) is 19.4 Å². The molecule has 0 fully saturated rings. The second-order valence-corrected chi connectivity index (χ2v) is 8.86. The van der Waals surface area contributed by atoms with Crippen LogP contribution in [0.25, 0.3) is 0 Å². The summed E-state index contributed by atoms with van der Waals surface area (Å²) in [6.07, 6.45) is -4.62. The number of alkyl halides is 3. The van der Waals surface area contributed by atoms with Crippen molar-refractivity contribution in [2.45, 2.75) is 11.1 Å². The molecule has 15 heteroatoms. The summed E-state index contributed by atoms with van der Waals surface area (Å²) in [6.45, 7) is 0. The van der Waals surface area contributed by atoms with E-state index in [-0.39, 0.29) is 22.1 Å². The lowest BCUT2D eigenvalue weighted by Gasteiger charge is -2.15. The first-order valence-electron chi connectivity index (χ1n) is 9.43. The summed E-state index contributed by atoms with van der Waals surface area (Å²) in [6, 6.07) is 11.4. The predicted molar refractivity (Wildman–Crippen MR) is 123 cm³/mol. The molecule has 3 rings (SSSR count). The number of nitrogens with one attached hydrogen (secondary N) is 4. The van der Waals surface area contributed by atoms with Crippen molar-refractivity contribution in [2.75, 3.05) is 15.5 Å². The maximum absolute atomic E-state index is 12.9. The zero-order chi connectivity index (χ0) is 25.8. The number of hydrazine groups is 1. The van der Waals surface area contributed by atoms with Gasteiger partial charge in [0, 0.05) is 17.8 Å². The molecule has 35 heavy (non-hydrogen) atoms. The molecule has 184 valence electrons. The summed E-state index contributed by atoms with van der Waals surface area (Å²) in [7, 11) is -4.45. The Labute approximate surface area is 201 Å². The molecule has 0 aliphatic carbocycles. The number of hydrogen-bond acceptors (Lipinski definition) is 6. The molecule has 0 saturated carbocycles.